The molecule has 0 amide bonds. The van der Waals surface area contributed by atoms with E-state index in [0.29, 0.717) is 0 Å². The second kappa shape index (κ2) is 15.4. The molecule has 370 valence electrons. The van der Waals surface area contributed by atoms with E-state index in [9.17, 15) is 0 Å². The molecule has 0 saturated carbocycles. The first kappa shape index (κ1) is 46.3. The molecule has 5 aliphatic rings. The zero-order chi connectivity index (χ0) is 51.9. The molecule has 9 aromatic carbocycles. The minimum atomic E-state index is -0.342. The van der Waals surface area contributed by atoms with Crippen molar-refractivity contribution in [2.24, 2.45) is 0 Å². The Labute approximate surface area is 445 Å². The summed E-state index contributed by atoms with van der Waals surface area (Å²) in [6.07, 6.45) is 2.31. The molecule has 14 rings (SSSR count). The third-order valence-corrected chi connectivity index (χ3v) is 18.8. The zero-order valence-corrected chi connectivity index (χ0v) is 45.9. The lowest BCUT2D eigenvalue weighted by atomic mass is 9.42. The molecule has 0 saturated heterocycles. The summed E-state index contributed by atoms with van der Waals surface area (Å²) in [7, 11) is 0. The van der Waals surface area contributed by atoms with Gasteiger partial charge in [-0.1, -0.05) is 191 Å². The third kappa shape index (κ3) is 6.47. The number of hydrogen-bond donors (Lipinski definition) is 0. The van der Waals surface area contributed by atoms with Crippen LogP contribution in [-0.2, 0) is 27.1 Å². The molecule has 75 heavy (non-hydrogen) atoms. The van der Waals surface area contributed by atoms with Crippen molar-refractivity contribution in [2.45, 2.75) is 123 Å². The lowest BCUT2D eigenvalue weighted by molar-refractivity contribution is 0.332. The Hall–Kier alpha value is -7.30. The van der Waals surface area contributed by atoms with Crippen LogP contribution in [0.2, 0.25) is 0 Å². The summed E-state index contributed by atoms with van der Waals surface area (Å²) in [4.78, 5) is 5.47. The predicted octanol–water partition coefficient (Wildman–Crippen LogP) is 17.9. The third-order valence-electron chi connectivity index (χ3n) is 18.8. The van der Waals surface area contributed by atoms with Crippen molar-refractivity contribution >= 4 is 57.0 Å². The van der Waals surface area contributed by atoms with Gasteiger partial charge in [0.15, 0.2) is 0 Å². The number of nitrogens with zero attached hydrogens (tertiary/aromatic N) is 2. The van der Waals surface area contributed by atoms with Crippen LogP contribution in [0.4, 0.5) is 28.4 Å². The highest BCUT2D eigenvalue weighted by atomic mass is 16.5. The van der Waals surface area contributed by atoms with Gasteiger partial charge in [-0.05, 0) is 150 Å². The van der Waals surface area contributed by atoms with E-state index in [-0.39, 0.29) is 33.9 Å². The monoisotopic (exact) mass is 975 g/mol. The number of hydrogen-bond acceptors (Lipinski definition) is 3. The highest BCUT2D eigenvalue weighted by Gasteiger charge is 2.50. The quantitative estimate of drug-likeness (QED) is 0.164. The van der Waals surface area contributed by atoms with Crippen molar-refractivity contribution < 1.29 is 4.74 Å². The van der Waals surface area contributed by atoms with Crippen LogP contribution in [0.25, 0.3) is 44.2 Å². The van der Waals surface area contributed by atoms with Crippen molar-refractivity contribution in [1.82, 2.24) is 0 Å². The summed E-state index contributed by atoms with van der Waals surface area (Å²) in [6.45, 7) is 28.6. The van der Waals surface area contributed by atoms with E-state index in [1.807, 2.05) is 0 Å². The number of ether oxygens (including phenoxy) is 1. The Kier molecular flexibility index (Phi) is 9.50. The molecule has 0 aromatic heterocycles. The average Bonchev–Trinajstić information content (AvgIpc) is 3.62. The van der Waals surface area contributed by atoms with Crippen molar-refractivity contribution in [3.05, 3.63) is 208 Å². The fraction of sp³-hybridized carbons (Fsp3) is 0.268. The molecule has 3 aliphatic heterocycles. The fourth-order valence-electron chi connectivity index (χ4n) is 14.4. The Morgan fingerprint density at radius 3 is 1.88 bits per heavy atom. The number of fused-ring (bicyclic) bond motifs is 12. The maximum absolute atomic E-state index is 7.18. The highest BCUT2D eigenvalue weighted by molar-refractivity contribution is 6.94. The minimum absolute atomic E-state index is 0.00653. The van der Waals surface area contributed by atoms with E-state index in [0.717, 1.165) is 23.6 Å². The lowest BCUT2D eigenvalue weighted by Gasteiger charge is -2.48. The topological polar surface area (TPSA) is 15.7 Å². The molecule has 0 radical (unpaired) electrons. The summed E-state index contributed by atoms with van der Waals surface area (Å²) in [5.74, 6) is 1.85. The SMILES string of the molecule is Cc1cc2c(cc1N1c3cc4c(cc3B3c5c(cc6ccccc6c51)-c1cc5c(cc1N3c1ccc(C(C)(C)C)cc1-c1ccccc1)C(C)(C)c1ccccc1-5)C(C)(C)c1ccccc1O4)C(C)(C)CCC2(C)C. The van der Waals surface area contributed by atoms with Crippen molar-refractivity contribution in [2.75, 3.05) is 9.71 Å². The van der Waals surface area contributed by atoms with E-state index in [2.05, 4.69) is 257 Å². The summed E-state index contributed by atoms with van der Waals surface area (Å²) in [6, 6.07) is 63.3. The molecule has 3 heterocycles. The molecule has 0 N–H and O–H groups in total. The van der Waals surface area contributed by atoms with Crippen LogP contribution in [0.5, 0.6) is 11.5 Å². The minimum Gasteiger partial charge on any atom is -0.457 e. The second-order valence-corrected chi connectivity index (χ2v) is 26.0. The summed E-state index contributed by atoms with van der Waals surface area (Å²) in [5.41, 5.74) is 26.5. The molecular formula is C71H67BN2O. The smallest absolute Gasteiger partial charge is 0.333 e. The molecular weight excluding hydrogens is 908 g/mol. The van der Waals surface area contributed by atoms with Crippen LogP contribution in [0.3, 0.4) is 0 Å². The molecule has 2 aliphatic carbocycles. The normalized spacial score (nSPS) is 17.4. The van der Waals surface area contributed by atoms with Crippen LogP contribution in [0, 0.1) is 6.92 Å². The molecule has 0 unspecified atom stereocenters. The molecule has 0 fully saturated rings. The van der Waals surface area contributed by atoms with Crippen molar-refractivity contribution in [3.63, 3.8) is 0 Å². The van der Waals surface area contributed by atoms with Gasteiger partial charge in [-0.2, -0.15) is 0 Å². The first-order chi connectivity index (χ1) is 35.7. The van der Waals surface area contributed by atoms with Gasteiger partial charge in [0.2, 0.25) is 0 Å². The largest absolute Gasteiger partial charge is 0.457 e. The molecule has 3 nitrogen and oxygen atoms in total. The Bertz CT molecular complexity index is 3940. The van der Waals surface area contributed by atoms with Gasteiger partial charge < -0.3 is 14.4 Å². The first-order valence-corrected chi connectivity index (χ1v) is 27.5. The zero-order valence-electron chi connectivity index (χ0n) is 45.9. The maximum atomic E-state index is 7.18. The van der Waals surface area contributed by atoms with E-state index < -0.39 is 0 Å². The van der Waals surface area contributed by atoms with Crippen LogP contribution in [-0.4, -0.2) is 6.85 Å². The Balaban J connectivity index is 1.17. The van der Waals surface area contributed by atoms with Crippen molar-refractivity contribution in [3.8, 4) is 44.9 Å². The van der Waals surface area contributed by atoms with Gasteiger partial charge in [0.25, 0.3) is 0 Å². The van der Waals surface area contributed by atoms with E-state index in [4.69, 9.17) is 4.74 Å². The van der Waals surface area contributed by atoms with Gasteiger partial charge in [0, 0.05) is 67.3 Å². The average molecular weight is 975 g/mol. The summed E-state index contributed by atoms with van der Waals surface area (Å²) < 4.78 is 7.18. The van der Waals surface area contributed by atoms with Gasteiger partial charge in [0.1, 0.15) is 11.5 Å². The van der Waals surface area contributed by atoms with Crippen LogP contribution >= 0.6 is 0 Å². The fourth-order valence-corrected chi connectivity index (χ4v) is 14.4. The lowest BCUT2D eigenvalue weighted by Crippen LogP contribution is -2.62. The van der Waals surface area contributed by atoms with Crippen LogP contribution in [0.15, 0.2) is 164 Å². The Morgan fingerprint density at radius 1 is 0.467 bits per heavy atom. The molecule has 0 spiro atoms. The number of anilines is 5. The van der Waals surface area contributed by atoms with Gasteiger partial charge >= 0.3 is 6.85 Å². The first-order valence-electron chi connectivity index (χ1n) is 27.5. The van der Waals surface area contributed by atoms with Crippen LogP contribution < -0.4 is 25.4 Å². The Morgan fingerprint density at radius 2 is 1.12 bits per heavy atom. The van der Waals surface area contributed by atoms with Gasteiger partial charge in [0.05, 0.1) is 5.69 Å². The van der Waals surface area contributed by atoms with Crippen molar-refractivity contribution in [1.29, 1.82) is 0 Å². The highest BCUT2D eigenvalue weighted by Crippen LogP contribution is 2.59. The van der Waals surface area contributed by atoms with Crippen LogP contribution in [0.1, 0.15) is 134 Å². The number of rotatable bonds is 3. The second-order valence-electron chi connectivity index (χ2n) is 26.0. The predicted molar refractivity (Wildman–Crippen MR) is 318 cm³/mol. The number of benzene rings is 9. The van der Waals surface area contributed by atoms with Gasteiger partial charge in [-0.25, -0.2) is 0 Å². The summed E-state index contributed by atoms with van der Waals surface area (Å²) >= 11 is 0. The number of aryl methyl sites for hydroxylation is 1. The number of para-hydroxylation sites is 1. The van der Waals surface area contributed by atoms with E-state index >= 15 is 0 Å². The van der Waals surface area contributed by atoms with Gasteiger partial charge in [-0.3, -0.25) is 0 Å². The van der Waals surface area contributed by atoms with Gasteiger partial charge in [-0.15, -0.1) is 0 Å². The summed E-state index contributed by atoms with van der Waals surface area (Å²) in [5, 5.41) is 2.48. The molecule has 0 bridgehead atoms. The standard InChI is InChI=1S/C71H67BN2O/c1-42-34-55-56(69(7,8)33-32-68(55,5)6)40-60(42)73-62-41-64-57(71(11,12)53-28-20-21-29-63(53)75-64)38-58(62)72-65-51(35-44-24-16-17-25-46(44)66(65)73)50-37-49-47-26-18-19-27-52(47)70(9,10)54(49)39-61(50)74(72)59-31-30-45(67(2,3)4)36-48(59)43-22-14-13-15-23-43/h13-31,34-41H,32-33H2,1-12H3. The molecule has 4 heteroatoms. The maximum Gasteiger partial charge on any atom is 0.333 e. The molecule has 9 aromatic rings. The van der Waals surface area contributed by atoms with E-state index in [1.54, 1.807) is 0 Å². The van der Waals surface area contributed by atoms with E-state index in [1.165, 1.54) is 129 Å². The molecule has 0 atom stereocenters.